The third-order valence-corrected chi connectivity index (χ3v) is 2.71. The molecule has 2 nitrogen and oxygen atoms in total. The van der Waals surface area contributed by atoms with Gasteiger partial charge in [-0.2, -0.15) is 13.2 Å². The molecule has 0 amide bonds. The summed E-state index contributed by atoms with van der Waals surface area (Å²) in [5.41, 5.74) is 4.81. The van der Waals surface area contributed by atoms with Crippen LogP contribution in [-0.4, -0.2) is 12.6 Å². The molecule has 94 valence electrons. The quantitative estimate of drug-likeness (QED) is 0.776. The molecule has 1 fully saturated rings. The van der Waals surface area contributed by atoms with Gasteiger partial charge in [0.25, 0.3) is 0 Å². The maximum atomic E-state index is 13.1. The van der Waals surface area contributed by atoms with Gasteiger partial charge in [-0.25, -0.2) is 4.39 Å². The van der Waals surface area contributed by atoms with Crippen molar-refractivity contribution < 1.29 is 22.3 Å². The fraction of sp³-hybridized carbons (Fsp3) is 0.455. The Kier molecular flexibility index (Phi) is 3.09. The average molecular weight is 249 g/mol. The van der Waals surface area contributed by atoms with E-state index >= 15 is 0 Å². The molecular weight excluding hydrogens is 238 g/mol. The third kappa shape index (κ3) is 2.58. The summed E-state index contributed by atoms with van der Waals surface area (Å²) in [6, 6.07) is 1.99. The van der Waals surface area contributed by atoms with Gasteiger partial charge >= 0.3 is 6.18 Å². The lowest BCUT2D eigenvalue weighted by atomic mass is 10.0. The molecule has 0 spiro atoms. The molecule has 17 heavy (non-hydrogen) atoms. The average Bonchev–Trinajstić information content (AvgIpc) is 2.62. The van der Waals surface area contributed by atoms with Crippen molar-refractivity contribution in [3.05, 3.63) is 35.1 Å². The zero-order valence-electron chi connectivity index (χ0n) is 8.80. The SMILES string of the molecule is NC1CCOC1c1cc(F)cc(C(F)(F)F)c1. The minimum atomic E-state index is -4.57. The van der Waals surface area contributed by atoms with Crippen LogP contribution in [0.3, 0.4) is 0 Å². The third-order valence-electron chi connectivity index (χ3n) is 2.71. The van der Waals surface area contributed by atoms with Crippen molar-refractivity contribution in [3.8, 4) is 0 Å². The second-order valence-corrected chi connectivity index (χ2v) is 4.01. The molecule has 0 aromatic heterocycles. The fourth-order valence-electron chi connectivity index (χ4n) is 1.89. The van der Waals surface area contributed by atoms with E-state index in [-0.39, 0.29) is 5.56 Å². The van der Waals surface area contributed by atoms with Crippen LogP contribution in [0.5, 0.6) is 0 Å². The molecule has 0 aliphatic carbocycles. The highest BCUT2D eigenvalue weighted by molar-refractivity contribution is 5.29. The van der Waals surface area contributed by atoms with Gasteiger partial charge in [-0.3, -0.25) is 0 Å². The van der Waals surface area contributed by atoms with Gasteiger partial charge in [0, 0.05) is 12.6 Å². The highest BCUT2D eigenvalue weighted by Crippen LogP contribution is 2.34. The predicted molar refractivity (Wildman–Crippen MR) is 52.7 cm³/mol. The van der Waals surface area contributed by atoms with Crippen molar-refractivity contribution in [1.29, 1.82) is 0 Å². The molecule has 0 radical (unpaired) electrons. The lowest BCUT2D eigenvalue weighted by Gasteiger charge is -2.17. The first-order valence-electron chi connectivity index (χ1n) is 5.13. The lowest BCUT2D eigenvalue weighted by Crippen LogP contribution is -2.24. The molecule has 1 aliphatic rings. The summed E-state index contributed by atoms with van der Waals surface area (Å²) in [5.74, 6) is -0.933. The van der Waals surface area contributed by atoms with E-state index in [0.717, 1.165) is 12.1 Å². The van der Waals surface area contributed by atoms with Gasteiger partial charge in [0.15, 0.2) is 0 Å². The Labute approximate surface area is 95.4 Å². The Bertz CT molecular complexity index is 418. The maximum Gasteiger partial charge on any atom is 0.416 e. The number of benzene rings is 1. The van der Waals surface area contributed by atoms with Crippen LogP contribution in [0.15, 0.2) is 18.2 Å². The van der Waals surface area contributed by atoms with E-state index < -0.39 is 29.7 Å². The summed E-state index contributed by atoms with van der Waals surface area (Å²) in [6.45, 7) is 0.379. The minimum absolute atomic E-state index is 0.141. The standard InChI is InChI=1S/C11H11F4NO/c12-8-4-6(10-9(16)1-2-17-10)3-7(5-8)11(13,14)15/h3-5,9-10H,1-2,16H2. The normalized spacial score (nSPS) is 25.2. The van der Waals surface area contributed by atoms with Crippen LogP contribution in [-0.2, 0) is 10.9 Å². The van der Waals surface area contributed by atoms with Crippen LogP contribution in [0.25, 0.3) is 0 Å². The van der Waals surface area contributed by atoms with E-state index in [2.05, 4.69) is 0 Å². The highest BCUT2D eigenvalue weighted by Gasteiger charge is 2.34. The van der Waals surface area contributed by atoms with Crippen molar-refractivity contribution in [3.63, 3.8) is 0 Å². The largest absolute Gasteiger partial charge is 0.416 e. The Hall–Kier alpha value is -1.14. The van der Waals surface area contributed by atoms with Crippen LogP contribution in [0, 0.1) is 5.82 Å². The summed E-state index contributed by atoms with van der Waals surface area (Å²) in [6.07, 6.45) is -4.67. The molecule has 1 heterocycles. The van der Waals surface area contributed by atoms with Crippen LogP contribution < -0.4 is 5.73 Å². The zero-order chi connectivity index (χ0) is 12.6. The van der Waals surface area contributed by atoms with Crippen molar-refractivity contribution in [2.45, 2.75) is 24.7 Å². The number of hydrogen-bond donors (Lipinski definition) is 1. The number of nitrogens with two attached hydrogens (primary N) is 1. The second kappa shape index (κ2) is 4.27. The molecule has 6 heteroatoms. The highest BCUT2D eigenvalue weighted by atomic mass is 19.4. The summed E-state index contributed by atoms with van der Waals surface area (Å²) in [4.78, 5) is 0. The first kappa shape index (κ1) is 12.3. The number of alkyl halides is 3. The van der Waals surface area contributed by atoms with Gasteiger partial charge in [-0.1, -0.05) is 0 Å². The van der Waals surface area contributed by atoms with Gasteiger partial charge in [0.05, 0.1) is 11.7 Å². The number of rotatable bonds is 1. The van der Waals surface area contributed by atoms with Crippen LogP contribution in [0.2, 0.25) is 0 Å². The van der Waals surface area contributed by atoms with Crippen LogP contribution >= 0.6 is 0 Å². The van der Waals surface area contributed by atoms with Crippen molar-refractivity contribution >= 4 is 0 Å². The fourth-order valence-corrected chi connectivity index (χ4v) is 1.89. The summed E-state index contributed by atoms with van der Waals surface area (Å²) in [7, 11) is 0. The maximum absolute atomic E-state index is 13.1. The zero-order valence-corrected chi connectivity index (χ0v) is 8.80. The van der Waals surface area contributed by atoms with Crippen molar-refractivity contribution in [2.75, 3.05) is 6.61 Å². The van der Waals surface area contributed by atoms with Gasteiger partial charge in [-0.05, 0) is 30.2 Å². The molecule has 1 saturated heterocycles. The Morgan fingerprint density at radius 2 is 1.94 bits per heavy atom. The summed E-state index contributed by atoms with van der Waals surface area (Å²) < 4.78 is 55.8. The van der Waals surface area contributed by atoms with Crippen LogP contribution in [0.4, 0.5) is 17.6 Å². The van der Waals surface area contributed by atoms with Crippen molar-refractivity contribution in [1.82, 2.24) is 0 Å². The molecule has 2 N–H and O–H groups in total. The molecule has 1 aromatic carbocycles. The smallest absolute Gasteiger partial charge is 0.372 e. The molecule has 1 aliphatic heterocycles. The predicted octanol–water partition coefficient (Wildman–Crippen LogP) is 2.63. The molecule has 1 aromatic rings. The molecule has 0 saturated carbocycles. The van der Waals surface area contributed by atoms with E-state index in [0.29, 0.717) is 19.1 Å². The Morgan fingerprint density at radius 3 is 2.47 bits per heavy atom. The Morgan fingerprint density at radius 1 is 1.24 bits per heavy atom. The lowest BCUT2D eigenvalue weighted by molar-refractivity contribution is -0.137. The minimum Gasteiger partial charge on any atom is -0.372 e. The first-order valence-corrected chi connectivity index (χ1v) is 5.13. The van der Waals surface area contributed by atoms with Gasteiger partial charge in [0.1, 0.15) is 5.82 Å². The molecule has 0 bridgehead atoms. The molecule has 2 unspecified atom stereocenters. The van der Waals surface area contributed by atoms with E-state index in [1.807, 2.05) is 0 Å². The summed E-state index contributed by atoms with van der Waals surface area (Å²) in [5, 5.41) is 0. The second-order valence-electron chi connectivity index (χ2n) is 4.01. The van der Waals surface area contributed by atoms with Gasteiger partial charge < -0.3 is 10.5 Å². The molecule has 2 rings (SSSR count). The summed E-state index contributed by atoms with van der Waals surface area (Å²) >= 11 is 0. The molecular formula is C11H11F4NO. The van der Waals surface area contributed by atoms with E-state index in [1.165, 1.54) is 0 Å². The van der Waals surface area contributed by atoms with Gasteiger partial charge in [-0.15, -0.1) is 0 Å². The van der Waals surface area contributed by atoms with E-state index in [1.54, 1.807) is 0 Å². The van der Waals surface area contributed by atoms with Gasteiger partial charge in [0.2, 0.25) is 0 Å². The molecule has 2 atom stereocenters. The number of hydrogen-bond acceptors (Lipinski definition) is 2. The number of halogens is 4. The topological polar surface area (TPSA) is 35.2 Å². The monoisotopic (exact) mass is 249 g/mol. The van der Waals surface area contributed by atoms with Crippen molar-refractivity contribution in [2.24, 2.45) is 5.73 Å². The first-order chi connectivity index (χ1) is 7.88. The van der Waals surface area contributed by atoms with E-state index in [4.69, 9.17) is 10.5 Å². The van der Waals surface area contributed by atoms with Crippen LogP contribution in [0.1, 0.15) is 23.7 Å². The Balaban J connectivity index is 2.38. The number of ether oxygens (including phenoxy) is 1. The van der Waals surface area contributed by atoms with E-state index in [9.17, 15) is 17.6 Å².